The average molecular weight is 1060 g/mol. The standard InChI is InChI=1S/C21H22F3N5O2.C16H15N5O3.C4H8F3N.ClH.4H2S/c1-2-13(21(22,23)24)11-17(30)15-6-7-16-19(26-15)29(14-8-10-28(16)12-14)20(31)27-18-5-3-4-9-25-18;22-15(23)11-4-5-12-14(18-11)21(10-6-8-20(12)9-10)16(24)19-13-3-1-2-7-17-13;1-2-3(8)4(5,6)7;;;;;/h3-7,9,13-14H,2,8,10-12H2,1H3,(H,25,27,31);1-5,7,10H,6,8-9H2,(H,22,23)(H,17,19,24);3H,2,8H2,1H3;1H;4*1H2/t13-,14+;10-;3-;;;;;/m100...../s1. The molecule has 4 amide bonds. The number of anilines is 6. The van der Waals surface area contributed by atoms with Crippen molar-refractivity contribution in [2.75, 3.05) is 56.4 Å². The maximum atomic E-state index is 13.1. The molecule has 0 aliphatic carbocycles. The van der Waals surface area contributed by atoms with Crippen LogP contribution in [0.25, 0.3) is 0 Å². The Morgan fingerprint density at radius 3 is 1.49 bits per heavy atom. The summed E-state index contributed by atoms with van der Waals surface area (Å²) in [7, 11) is 0. The van der Waals surface area contributed by atoms with E-state index in [1.807, 2.05) is 0 Å². The summed E-state index contributed by atoms with van der Waals surface area (Å²) >= 11 is 0. The molecule has 5 N–H and O–H groups in total. The molecule has 8 rings (SSSR count). The summed E-state index contributed by atoms with van der Waals surface area (Å²) in [5, 5.41) is 14.7. The number of aromatic carboxylic acids is 1. The molecule has 4 aromatic rings. The van der Waals surface area contributed by atoms with E-state index in [0.29, 0.717) is 29.7 Å². The molecular weight excluding hydrogens is 1000 g/mol. The number of fused-ring (bicyclic) bond motifs is 8. The van der Waals surface area contributed by atoms with E-state index in [1.54, 1.807) is 65.8 Å². The number of hydrogen-bond acceptors (Lipinski definition) is 11. The summed E-state index contributed by atoms with van der Waals surface area (Å²) in [6.07, 6.45) is -4.88. The lowest BCUT2D eigenvalue weighted by molar-refractivity contribution is -0.174. The predicted octanol–water partition coefficient (Wildman–Crippen LogP) is 8.23. The minimum atomic E-state index is -4.45. The molecule has 2 saturated heterocycles. The molecule has 4 aliphatic rings. The van der Waals surface area contributed by atoms with Crippen LogP contribution in [0.2, 0.25) is 0 Å². The third-order valence-corrected chi connectivity index (χ3v) is 10.9. The van der Waals surface area contributed by atoms with Crippen molar-refractivity contribution in [2.24, 2.45) is 11.7 Å². The molecule has 0 unspecified atom stereocenters. The second-order valence-corrected chi connectivity index (χ2v) is 15.0. The van der Waals surface area contributed by atoms with Crippen LogP contribution in [0.15, 0.2) is 73.1 Å². The van der Waals surface area contributed by atoms with Gasteiger partial charge in [-0.1, -0.05) is 26.0 Å². The van der Waals surface area contributed by atoms with E-state index < -0.39 is 48.5 Å². The van der Waals surface area contributed by atoms with Gasteiger partial charge in [0.15, 0.2) is 23.1 Å². The predicted molar refractivity (Wildman–Crippen MR) is 270 cm³/mol. The van der Waals surface area contributed by atoms with Crippen LogP contribution >= 0.6 is 66.4 Å². The number of carbonyl (C=O) groups excluding carboxylic acids is 3. The number of nitrogens with zero attached hydrogens (tertiary/aromatic N) is 8. The lowest BCUT2D eigenvalue weighted by Gasteiger charge is -2.35. The van der Waals surface area contributed by atoms with Crippen molar-refractivity contribution in [3.8, 4) is 0 Å². The fraction of sp³-hybridized carbons (Fsp3) is 0.415. The Labute approximate surface area is 422 Å². The topological polar surface area (TPSA) is 203 Å². The number of ketones is 1. The first kappa shape index (κ1) is 61.1. The average Bonchev–Trinajstić information content (AvgIpc) is 3.87. The number of alkyl halides is 6. The molecule has 2 fully saturated rings. The molecule has 4 atom stereocenters. The number of nitrogens with two attached hydrogens (primary N) is 1. The molecule has 0 aromatic carbocycles. The number of carbonyl (C=O) groups is 4. The molecule has 4 aliphatic heterocycles. The smallest absolute Gasteiger partial charge is 0.403 e. The SMILES string of the molecule is CC[C@H](CC(=O)c1ccc2c(n1)N(C(=O)Nc1ccccn1)[C@H]1CCN2C1)C(F)(F)F.CC[C@H](N)C(F)(F)F.Cl.O=C(O)c1ccc2c(n1)N(C(=O)Nc1ccccn1)[C@H]1CCN2C1.S.S.S.S. The number of pyridine rings is 4. The highest BCUT2D eigenvalue weighted by Gasteiger charge is 2.43. The number of urea groups is 2. The molecule has 16 nitrogen and oxygen atoms in total. The molecular formula is C41H54ClF6N11O5S4. The van der Waals surface area contributed by atoms with E-state index in [-0.39, 0.29) is 115 Å². The van der Waals surface area contributed by atoms with Crippen molar-refractivity contribution in [3.63, 3.8) is 0 Å². The van der Waals surface area contributed by atoms with E-state index in [9.17, 15) is 50.6 Å². The van der Waals surface area contributed by atoms with Crippen LogP contribution < -0.4 is 36.0 Å². The van der Waals surface area contributed by atoms with Gasteiger partial charge in [0.2, 0.25) is 0 Å². The molecule has 27 heteroatoms. The third kappa shape index (κ3) is 14.6. The highest BCUT2D eigenvalue weighted by molar-refractivity contribution is 7.59. The van der Waals surface area contributed by atoms with Crippen molar-refractivity contribution in [1.29, 1.82) is 0 Å². The third-order valence-electron chi connectivity index (χ3n) is 10.9. The Hall–Kier alpha value is -4.89. The van der Waals surface area contributed by atoms with Crippen LogP contribution in [-0.2, 0) is 0 Å². The van der Waals surface area contributed by atoms with Crippen molar-refractivity contribution in [2.45, 2.75) is 76.4 Å². The number of hydrogen-bond donors (Lipinski definition) is 4. The Kier molecular flexibility index (Phi) is 23.5. The monoisotopic (exact) mass is 1060 g/mol. The number of amides is 4. The second kappa shape index (κ2) is 26.2. The fourth-order valence-electron chi connectivity index (χ4n) is 7.48. The van der Waals surface area contributed by atoms with Crippen LogP contribution in [0.4, 0.5) is 70.6 Å². The maximum absolute atomic E-state index is 13.1. The summed E-state index contributed by atoms with van der Waals surface area (Å²) in [5.41, 5.74) is 5.95. The summed E-state index contributed by atoms with van der Waals surface area (Å²) < 4.78 is 73.3. The van der Waals surface area contributed by atoms with E-state index in [4.69, 9.17) is 0 Å². The molecule has 0 saturated carbocycles. The highest BCUT2D eigenvalue weighted by atomic mass is 35.5. The normalized spacial score (nSPS) is 16.8. The van der Waals surface area contributed by atoms with E-state index in [1.165, 1.54) is 30.9 Å². The second-order valence-electron chi connectivity index (χ2n) is 15.0. The van der Waals surface area contributed by atoms with Gasteiger partial charge in [-0.2, -0.15) is 80.3 Å². The van der Waals surface area contributed by atoms with Gasteiger partial charge in [0.1, 0.15) is 23.4 Å². The Morgan fingerprint density at radius 1 is 0.691 bits per heavy atom. The van der Waals surface area contributed by atoms with Crippen LogP contribution in [0, 0.1) is 5.92 Å². The Balaban J connectivity index is 0.000000561. The number of Topliss-reactive ketones (excluding diaryl/α,β-unsaturated/α-hetero) is 1. The fourth-order valence-corrected chi connectivity index (χ4v) is 7.48. The van der Waals surface area contributed by atoms with Gasteiger partial charge in [-0.15, -0.1) is 12.4 Å². The maximum Gasteiger partial charge on any atom is 0.403 e. The lowest BCUT2D eigenvalue weighted by atomic mass is 9.97. The Morgan fingerprint density at radius 2 is 1.13 bits per heavy atom. The van der Waals surface area contributed by atoms with Crippen LogP contribution in [-0.4, -0.2) is 106 Å². The minimum absolute atomic E-state index is 0. The van der Waals surface area contributed by atoms with Gasteiger partial charge < -0.3 is 20.6 Å². The number of halogens is 7. The largest absolute Gasteiger partial charge is 0.477 e. The zero-order valence-corrected chi connectivity index (χ0v) is 41.3. The van der Waals surface area contributed by atoms with Gasteiger partial charge in [0.25, 0.3) is 0 Å². The quantitative estimate of drug-likeness (QED) is 0.0974. The first-order chi connectivity index (χ1) is 29.9. The molecule has 68 heavy (non-hydrogen) atoms. The molecule has 0 radical (unpaired) electrons. The summed E-state index contributed by atoms with van der Waals surface area (Å²) in [5.74, 6) is -2.04. The first-order valence-corrected chi connectivity index (χ1v) is 20.1. The summed E-state index contributed by atoms with van der Waals surface area (Å²) in [6.45, 7) is 5.70. The van der Waals surface area contributed by atoms with Crippen LogP contribution in [0.5, 0.6) is 0 Å². The number of rotatable bonds is 8. The van der Waals surface area contributed by atoms with Gasteiger partial charge in [-0.05, 0) is 74.2 Å². The van der Waals surface area contributed by atoms with E-state index in [0.717, 1.165) is 38.2 Å². The van der Waals surface area contributed by atoms with Crippen molar-refractivity contribution < 1.29 is 50.6 Å². The number of nitrogens with one attached hydrogen (secondary N) is 2. The van der Waals surface area contributed by atoms with E-state index in [2.05, 4.69) is 46.1 Å². The van der Waals surface area contributed by atoms with Crippen molar-refractivity contribution in [1.82, 2.24) is 19.9 Å². The summed E-state index contributed by atoms with van der Waals surface area (Å²) in [4.78, 5) is 73.6. The van der Waals surface area contributed by atoms with Gasteiger partial charge in [-0.25, -0.2) is 34.3 Å². The molecule has 376 valence electrons. The van der Waals surface area contributed by atoms with Gasteiger partial charge in [-0.3, -0.25) is 25.2 Å². The number of aromatic nitrogens is 4. The van der Waals surface area contributed by atoms with Crippen molar-refractivity contribution in [3.05, 3.63) is 84.4 Å². The number of carboxylic acid groups (broad SMARTS) is 1. The molecule has 0 spiro atoms. The number of carboxylic acids is 1. The zero-order valence-electron chi connectivity index (χ0n) is 36.5. The van der Waals surface area contributed by atoms with Gasteiger partial charge in [0.05, 0.1) is 29.4 Å². The highest BCUT2D eigenvalue weighted by Crippen LogP contribution is 2.41. The van der Waals surface area contributed by atoms with Crippen molar-refractivity contribution >= 4 is 125 Å². The Bertz CT molecular complexity index is 2300. The van der Waals surface area contributed by atoms with E-state index >= 15 is 0 Å². The van der Waals surface area contributed by atoms with Gasteiger partial charge in [0, 0.05) is 45.0 Å². The molecule has 8 heterocycles. The minimum Gasteiger partial charge on any atom is -0.477 e. The van der Waals surface area contributed by atoms with Crippen LogP contribution in [0.1, 0.15) is 66.9 Å². The lowest BCUT2D eigenvalue weighted by Crippen LogP contribution is -2.48. The first-order valence-electron chi connectivity index (χ1n) is 20.1. The summed E-state index contributed by atoms with van der Waals surface area (Å²) in [6, 6.07) is 14.0. The zero-order chi connectivity index (χ0) is 45.6. The molecule has 4 aromatic heterocycles. The van der Waals surface area contributed by atoms with Gasteiger partial charge >= 0.3 is 30.4 Å². The molecule has 4 bridgehead atoms. The van der Waals surface area contributed by atoms with Crippen LogP contribution in [0.3, 0.4) is 0 Å².